The number of rotatable bonds is 7. The minimum absolute atomic E-state index is 0.147. The van der Waals surface area contributed by atoms with E-state index < -0.39 is 11.4 Å². The highest BCUT2D eigenvalue weighted by atomic mass is 32.2. The summed E-state index contributed by atoms with van der Waals surface area (Å²) in [7, 11) is 0. The molecule has 0 bridgehead atoms. The van der Waals surface area contributed by atoms with Crippen molar-refractivity contribution in [3.63, 3.8) is 0 Å². The SMILES string of the molecule is O=C(Cc1csc(N[S+]([O-])C2CC2)n1)Nc1ccc(-c2cncnc2)cc1. The van der Waals surface area contributed by atoms with Gasteiger partial charge in [-0.3, -0.25) is 4.79 Å². The summed E-state index contributed by atoms with van der Waals surface area (Å²) in [5.41, 5.74) is 3.27. The molecule has 0 saturated heterocycles. The number of hydrogen-bond donors (Lipinski definition) is 2. The normalized spacial score (nSPS) is 14.6. The van der Waals surface area contributed by atoms with Crippen molar-refractivity contribution in [2.24, 2.45) is 0 Å². The molecule has 0 spiro atoms. The Morgan fingerprint density at radius 1 is 1.19 bits per heavy atom. The topological polar surface area (TPSA) is 103 Å². The molecule has 0 radical (unpaired) electrons. The largest absolute Gasteiger partial charge is 0.593 e. The second-order valence-corrected chi connectivity index (χ2v) is 8.50. The molecular weight excluding hydrogens is 382 g/mol. The first-order valence-corrected chi connectivity index (χ1v) is 10.5. The summed E-state index contributed by atoms with van der Waals surface area (Å²) in [6.07, 6.45) is 7.13. The fraction of sp³-hybridized carbons (Fsp3) is 0.222. The molecule has 9 heteroatoms. The number of nitrogens with zero attached hydrogens (tertiary/aromatic N) is 3. The maximum atomic E-state index is 12.2. The van der Waals surface area contributed by atoms with Crippen molar-refractivity contribution in [1.29, 1.82) is 0 Å². The highest BCUT2D eigenvalue weighted by Gasteiger charge is 2.35. The molecule has 138 valence electrons. The van der Waals surface area contributed by atoms with Crippen molar-refractivity contribution in [1.82, 2.24) is 15.0 Å². The van der Waals surface area contributed by atoms with Gasteiger partial charge < -0.3 is 9.87 Å². The van der Waals surface area contributed by atoms with Crippen LogP contribution in [0, 0.1) is 0 Å². The lowest BCUT2D eigenvalue weighted by Gasteiger charge is -2.07. The number of benzene rings is 1. The Kier molecular flexibility index (Phi) is 5.33. The number of aromatic nitrogens is 3. The summed E-state index contributed by atoms with van der Waals surface area (Å²) >= 11 is 0.292. The zero-order chi connectivity index (χ0) is 18.6. The van der Waals surface area contributed by atoms with Gasteiger partial charge in [-0.05, 0) is 17.7 Å². The van der Waals surface area contributed by atoms with Gasteiger partial charge in [0.05, 0.1) is 23.5 Å². The van der Waals surface area contributed by atoms with Crippen LogP contribution in [-0.4, -0.2) is 30.7 Å². The second-order valence-electron chi connectivity index (χ2n) is 6.17. The summed E-state index contributed by atoms with van der Waals surface area (Å²) < 4.78 is 14.8. The summed E-state index contributed by atoms with van der Waals surface area (Å²) in [5.74, 6) is -0.147. The third-order valence-corrected chi connectivity index (χ3v) is 6.38. The highest BCUT2D eigenvalue weighted by molar-refractivity contribution is 7.93. The van der Waals surface area contributed by atoms with Crippen LogP contribution in [0.15, 0.2) is 48.4 Å². The number of thiazole rings is 1. The summed E-state index contributed by atoms with van der Waals surface area (Å²) in [6, 6.07) is 7.50. The molecule has 2 aromatic heterocycles. The maximum absolute atomic E-state index is 12.2. The Morgan fingerprint density at radius 3 is 2.63 bits per heavy atom. The second kappa shape index (κ2) is 8.03. The summed E-state index contributed by atoms with van der Waals surface area (Å²) in [5, 5.41) is 5.51. The van der Waals surface area contributed by atoms with E-state index in [0.29, 0.717) is 16.5 Å². The van der Waals surface area contributed by atoms with Crippen molar-refractivity contribution >= 4 is 39.4 Å². The standard InChI is InChI=1S/C18H17N5O2S2/c24-17(7-15-10-26-18(22-15)23-27(25)16-5-6-16)21-14-3-1-12(2-4-14)13-8-19-11-20-9-13/h1-4,8-11,16H,5-7H2,(H,21,24)(H,22,23). The monoisotopic (exact) mass is 399 g/mol. The minimum Gasteiger partial charge on any atom is -0.593 e. The van der Waals surface area contributed by atoms with Gasteiger partial charge in [0.1, 0.15) is 11.6 Å². The molecule has 27 heavy (non-hydrogen) atoms. The molecule has 1 saturated carbocycles. The van der Waals surface area contributed by atoms with Gasteiger partial charge in [-0.25, -0.2) is 15.0 Å². The van der Waals surface area contributed by atoms with Crippen LogP contribution < -0.4 is 10.0 Å². The van der Waals surface area contributed by atoms with Crippen LogP contribution in [0.25, 0.3) is 11.1 Å². The quantitative estimate of drug-likeness (QED) is 0.592. The third-order valence-electron chi connectivity index (χ3n) is 3.97. The van der Waals surface area contributed by atoms with Gasteiger partial charge in [0.25, 0.3) is 0 Å². The van der Waals surface area contributed by atoms with Gasteiger partial charge in [0, 0.05) is 41.9 Å². The van der Waals surface area contributed by atoms with Gasteiger partial charge in [-0.15, -0.1) is 11.3 Å². The van der Waals surface area contributed by atoms with Crippen LogP contribution in [0.1, 0.15) is 18.5 Å². The molecule has 1 aromatic carbocycles. The Labute approximate surface area is 163 Å². The fourth-order valence-electron chi connectivity index (χ4n) is 2.45. The smallest absolute Gasteiger partial charge is 0.230 e. The molecule has 1 unspecified atom stereocenters. The van der Waals surface area contributed by atoms with Gasteiger partial charge in [0.15, 0.2) is 0 Å². The number of amides is 1. The van der Waals surface area contributed by atoms with Crippen molar-refractivity contribution in [3.8, 4) is 11.1 Å². The number of nitrogens with one attached hydrogen (secondary N) is 2. The molecule has 1 aliphatic carbocycles. The molecule has 1 atom stereocenters. The number of carbonyl (C=O) groups excluding carboxylic acids is 1. The van der Waals surface area contributed by atoms with Crippen molar-refractivity contribution < 1.29 is 9.35 Å². The van der Waals surface area contributed by atoms with Gasteiger partial charge in [-0.1, -0.05) is 12.1 Å². The number of hydrogen-bond acceptors (Lipinski definition) is 7. The lowest BCUT2D eigenvalue weighted by atomic mass is 10.1. The minimum atomic E-state index is -1.07. The predicted molar refractivity (Wildman–Crippen MR) is 107 cm³/mol. The molecule has 2 N–H and O–H groups in total. The van der Waals surface area contributed by atoms with E-state index in [1.54, 1.807) is 12.4 Å². The fourth-order valence-corrected chi connectivity index (χ4v) is 4.39. The van der Waals surface area contributed by atoms with Crippen LogP contribution in [0.4, 0.5) is 10.8 Å². The summed E-state index contributed by atoms with van der Waals surface area (Å²) in [6.45, 7) is 0. The van der Waals surface area contributed by atoms with E-state index in [0.717, 1.165) is 24.0 Å². The van der Waals surface area contributed by atoms with Gasteiger partial charge in [0.2, 0.25) is 11.0 Å². The van der Waals surface area contributed by atoms with E-state index in [-0.39, 0.29) is 17.6 Å². The van der Waals surface area contributed by atoms with Crippen LogP contribution in [-0.2, 0) is 22.6 Å². The van der Waals surface area contributed by atoms with E-state index in [1.807, 2.05) is 29.6 Å². The first-order valence-electron chi connectivity index (χ1n) is 8.44. The first-order chi connectivity index (χ1) is 13.2. The van der Waals surface area contributed by atoms with Crippen molar-refractivity contribution in [2.75, 3.05) is 10.0 Å². The molecule has 1 aliphatic rings. The molecule has 4 rings (SSSR count). The Hall–Kier alpha value is -2.49. The Balaban J connectivity index is 1.32. The maximum Gasteiger partial charge on any atom is 0.230 e. The predicted octanol–water partition coefficient (Wildman–Crippen LogP) is 3.02. The Morgan fingerprint density at radius 2 is 1.93 bits per heavy atom. The zero-order valence-electron chi connectivity index (χ0n) is 14.3. The van der Waals surface area contributed by atoms with Crippen molar-refractivity contribution in [2.45, 2.75) is 24.5 Å². The van der Waals surface area contributed by atoms with E-state index in [2.05, 4.69) is 25.0 Å². The molecule has 7 nitrogen and oxygen atoms in total. The summed E-state index contributed by atoms with van der Waals surface area (Å²) in [4.78, 5) is 24.6. The van der Waals surface area contributed by atoms with E-state index in [1.165, 1.54) is 17.7 Å². The first kappa shape index (κ1) is 17.9. The molecular formula is C18H17N5O2S2. The van der Waals surface area contributed by atoms with Crippen LogP contribution in [0.3, 0.4) is 0 Å². The zero-order valence-corrected chi connectivity index (χ0v) is 15.9. The van der Waals surface area contributed by atoms with Crippen LogP contribution in [0.2, 0.25) is 0 Å². The third kappa shape index (κ3) is 4.82. The van der Waals surface area contributed by atoms with Crippen LogP contribution in [0.5, 0.6) is 0 Å². The molecule has 0 aliphatic heterocycles. The van der Waals surface area contributed by atoms with E-state index >= 15 is 0 Å². The van der Waals surface area contributed by atoms with Crippen LogP contribution >= 0.6 is 11.3 Å². The van der Waals surface area contributed by atoms with Gasteiger partial charge >= 0.3 is 0 Å². The van der Waals surface area contributed by atoms with E-state index in [4.69, 9.17) is 0 Å². The molecule has 1 amide bonds. The molecule has 1 fully saturated rings. The van der Waals surface area contributed by atoms with Gasteiger partial charge in [-0.2, -0.15) is 4.72 Å². The average Bonchev–Trinajstić information content (AvgIpc) is 3.45. The molecule has 2 heterocycles. The lowest BCUT2D eigenvalue weighted by Crippen LogP contribution is -2.17. The lowest BCUT2D eigenvalue weighted by molar-refractivity contribution is -0.115. The highest BCUT2D eigenvalue weighted by Crippen LogP contribution is 2.30. The van der Waals surface area contributed by atoms with E-state index in [9.17, 15) is 9.35 Å². The molecule has 3 aromatic rings. The number of carbonyl (C=O) groups is 1. The van der Waals surface area contributed by atoms with Crippen molar-refractivity contribution in [3.05, 3.63) is 54.1 Å². The Bertz CT molecular complexity index is 913. The number of anilines is 2. The average molecular weight is 400 g/mol.